The number of nitrogens with one attached hydrogen (secondary N) is 6. The molecule has 4 aliphatic heterocycles. The minimum Gasteiger partial charge on any atom is -0.870 e. The molecule has 33 heteroatoms. The van der Waals surface area contributed by atoms with Crippen molar-refractivity contribution in [3.05, 3.63) is 114 Å². The molecule has 8 amide bonds. The lowest BCUT2D eigenvalue weighted by atomic mass is 9.98. The van der Waals surface area contributed by atoms with E-state index in [9.17, 15) is 69.3 Å². The van der Waals surface area contributed by atoms with Gasteiger partial charge in [-0.3, -0.25) is 33.6 Å². The quantitative estimate of drug-likeness (QED) is 0.0155. The number of unbranched alkanes of at least 4 members (excludes halogenated alkanes) is 5. The number of carbonyl (C=O) groups excluding carboxylic acids is 8. The summed E-state index contributed by atoms with van der Waals surface area (Å²) >= 11 is 0.0282. The molecule has 4 aromatic carbocycles. The van der Waals surface area contributed by atoms with Gasteiger partial charge in [-0.25, -0.2) is 10.1 Å². The van der Waals surface area contributed by atoms with Crippen LogP contribution >= 0.6 is 12.3 Å². The lowest BCUT2D eigenvalue weighted by Gasteiger charge is -2.37. The molecule has 4 aliphatic rings. The van der Waals surface area contributed by atoms with E-state index < -0.39 is 183 Å². The Balaban J connectivity index is 1.02. The summed E-state index contributed by atoms with van der Waals surface area (Å²) in [6.45, 7) is 4.53. The summed E-state index contributed by atoms with van der Waals surface area (Å²) in [5.74, 6) is -9.19. The normalized spacial score (nSPS) is 24.2. The molecule has 0 saturated carbocycles. The van der Waals surface area contributed by atoms with Crippen LogP contribution in [0.15, 0.2) is 97.1 Å². The van der Waals surface area contributed by atoms with E-state index >= 15 is 4.79 Å². The molecule has 4 fully saturated rings. The molecule has 4 saturated heterocycles. The smallest absolute Gasteiger partial charge is 0.407 e. The first kappa shape index (κ1) is 79.1. The summed E-state index contributed by atoms with van der Waals surface area (Å²) in [7, 11) is 1.72. The van der Waals surface area contributed by atoms with Crippen LogP contribution < -0.4 is 55.7 Å². The summed E-state index contributed by atoms with van der Waals surface area (Å²) < 4.78 is 25.7. The van der Waals surface area contributed by atoms with Gasteiger partial charge in [-0.2, -0.15) is 0 Å². The minimum absolute atomic E-state index is 0.0282. The van der Waals surface area contributed by atoms with Crippen LogP contribution in [0.5, 0.6) is 17.2 Å². The van der Waals surface area contributed by atoms with Gasteiger partial charge < -0.3 is 106 Å². The maximum Gasteiger partial charge on any atom is 0.407 e. The highest BCUT2D eigenvalue weighted by atomic mass is 32.2. The predicted octanol–water partition coefficient (Wildman–Crippen LogP) is 0.0808. The van der Waals surface area contributed by atoms with Crippen molar-refractivity contribution in [3.8, 4) is 17.2 Å². The van der Waals surface area contributed by atoms with Gasteiger partial charge in [-0.15, -0.1) is 0 Å². The van der Waals surface area contributed by atoms with Crippen LogP contribution in [0.3, 0.4) is 0 Å². The van der Waals surface area contributed by atoms with Gasteiger partial charge in [0.05, 0.1) is 43.2 Å². The number of methoxy groups -OCH3 is 1. The number of benzene rings is 4. The first-order chi connectivity index (χ1) is 49.0. The molecule has 4 heterocycles. The third-order valence-electron chi connectivity index (χ3n) is 18.3. The Morgan fingerprint density at radius 3 is 1.97 bits per heavy atom. The number of β-amino-alcohol motifs (C(OH)–C–C–N with tert-alkyl or cyclic N) is 1. The molecule has 0 radical (unpaired) electrons. The molecule has 7 unspecified atom stereocenters. The van der Waals surface area contributed by atoms with Gasteiger partial charge >= 0.3 is 6.09 Å². The Labute approximate surface area is 594 Å². The maximum atomic E-state index is 15.1. The molecule has 8 rings (SSSR count). The van der Waals surface area contributed by atoms with Gasteiger partial charge in [0, 0.05) is 108 Å². The molecule has 13 N–H and O–H groups in total. The van der Waals surface area contributed by atoms with Crippen molar-refractivity contribution >= 4 is 71.1 Å². The average Bonchev–Trinajstić information content (AvgIpc) is 1.62. The molecule has 0 bridgehead atoms. The molecule has 0 aromatic heterocycles. The lowest BCUT2D eigenvalue weighted by molar-refractivity contribution is -0.433. The van der Waals surface area contributed by atoms with E-state index in [0.29, 0.717) is 38.3 Å². The average molecular weight is 1450 g/mol. The van der Waals surface area contributed by atoms with E-state index in [4.69, 9.17) is 23.7 Å². The zero-order valence-corrected chi connectivity index (χ0v) is 57.9. The number of anilines is 2. The molecule has 102 heavy (non-hydrogen) atoms. The number of rotatable bonds is 28. The first-order valence-corrected chi connectivity index (χ1v) is 34.8. The molecular weight excluding hydrogens is 1350 g/mol. The Morgan fingerprint density at radius 1 is 0.686 bits per heavy atom. The van der Waals surface area contributed by atoms with Gasteiger partial charge in [0.15, 0.2) is 0 Å². The van der Waals surface area contributed by atoms with Crippen LogP contribution in [0.25, 0.3) is 0 Å². The van der Waals surface area contributed by atoms with Crippen LogP contribution in [0.2, 0.25) is 0 Å². The molecule has 0 aliphatic carbocycles. The van der Waals surface area contributed by atoms with E-state index in [1.54, 1.807) is 49.6 Å². The van der Waals surface area contributed by atoms with Crippen molar-refractivity contribution in [2.24, 2.45) is 5.92 Å². The number of aliphatic hydroxyl groups is 6. The third-order valence-corrected chi connectivity index (χ3v) is 18.7. The van der Waals surface area contributed by atoms with Crippen LogP contribution in [0.1, 0.15) is 93.1 Å². The molecule has 0 spiro atoms. The van der Waals surface area contributed by atoms with Crippen molar-refractivity contribution in [1.82, 2.24) is 41.7 Å². The summed E-state index contributed by atoms with van der Waals surface area (Å²) in [4.78, 5) is 122. The Morgan fingerprint density at radius 2 is 1.31 bits per heavy atom. The molecule has 558 valence electrons. The first-order valence-electron chi connectivity index (χ1n) is 34.1. The monoisotopic (exact) mass is 1450 g/mol. The summed E-state index contributed by atoms with van der Waals surface area (Å²) in [5, 5.41) is 109. The fourth-order valence-electron chi connectivity index (χ4n) is 12.6. The summed E-state index contributed by atoms with van der Waals surface area (Å²) in [6.07, 6.45) is -7.20. The van der Waals surface area contributed by atoms with Crippen molar-refractivity contribution in [2.75, 3.05) is 82.5 Å². The molecule has 32 nitrogen and oxygen atoms in total. The van der Waals surface area contributed by atoms with Crippen LogP contribution in [-0.4, -0.2) is 239 Å². The topological polar surface area (TPSA) is 442 Å². The van der Waals surface area contributed by atoms with Gasteiger partial charge in [0.1, 0.15) is 54.4 Å². The van der Waals surface area contributed by atoms with Gasteiger partial charge in [-0.1, -0.05) is 90.2 Å². The summed E-state index contributed by atoms with van der Waals surface area (Å²) in [5.41, 5.74) is 2.63. The zero-order chi connectivity index (χ0) is 73.4. The number of fused-ring (bicyclic) bond motifs is 2. The van der Waals surface area contributed by atoms with Crippen molar-refractivity contribution in [1.29, 1.82) is 0 Å². The van der Waals surface area contributed by atoms with Gasteiger partial charge in [0.25, 0.3) is 18.2 Å². The number of carbonyl (C=O) groups is 8. The van der Waals surface area contributed by atoms with E-state index in [1.807, 2.05) is 24.3 Å². The Kier molecular flexibility index (Phi) is 30.4. The van der Waals surface area contributed by atoms with Gasteiger partial charge in [-0.05, 0) is 91.9 Å². The fourth-order valence-corrected chi connectivity index (χ4v) is 12.9. The number of amides is 8. The van der Waals surface area contributed by atoms with Crippen molar-refractivity contribution < 1.29 is 107 Å². The highest BCUT2D eigenvalue weighted by molar-refractivity contribution is 7.90. The number of piperazine rings is 1. The number of ether oxygens (including phenoxy) is 3. The molecular formula is C69H93N10O22S-. The van der Waals surface area contributed by atoms with Crippen LogP contribution in [0, 0.1) is 5.92 Å². The van der Waals surface area contributed by atoms with Crippen LogP contribution in [-0.2, 0) is 60.6 Å². The second-order valence-electron chi connectivity index (χ2n) is 25.8. The van der Waals surface area contributed by atoms with Gasteiger partial charge in [0.2, 0.25) is 35.4 Å². The fraction of sp³-hybridized carbons (Fsp3) is 0.536. The minimum atomic E-state index is -2.19. The standard InChI is InChI=1S/C69H94N10O22S/c1-41-38-79-60(61(41)86)66(91)71-37-48(81)35-51(72-62(87)45-16-18-46(19-17-45)76-27-29-77(30-28-76)47-20-22-50(23-21-47)97-32-12-7-5-4-6-11-31-96-3)63(88)73-57(42(2)80)67(92)78-39-49(82)36-52(78)64(89)74-58(55(85)33-44-15-24-53(83)56(34-44)99-102-101-100-95)65(90)75-59(68(79)93)54(84)25-26-70-69(94)98-40-43-13-9-8-10-14-43/h8-10,13-24,34,41-42,48-49,51-52,54-55,57-61,80-86,95H,4-7,11-12,25-33,35-40H2,1-3H3,(H,70,94)(H,71,91)(H,72,87)(H,73,88)(H,74,89)(H,75,90)/p-1/t41?,42?,48-,49?,51-,52?,54+,55+,57?,58?,59-,60?,61-/m0/s1. The number of alkyl carbamates (subject to hydrolysis) is 1. The highest BCUT2D eigenvalue weighted by Gasteiger charge is 2.50. The SMILES string of the molecule is COCCCCCCCCOc1ccc(N2CCN(c3ccc(C(=O)N[C@H]4C[C@H](O)CNC(=O)C5[C@@H](O)C(C)CN5C(=O)[C@H]([C@H](O)CCNC(=O)OCc5ccccc5)NC(=O)C([C@H](O)Cc5ccc([O-])c(OSOOO)c5)NC(=O)C5CC(O)CN5C(=O)C(C(C)O)NC4=O)cc3)CC2)cc1. The summed E-state index contributed by atoms with van der Waals surface area (Å²) in [6, 6.07) is 15.0. The highest BCUT2D eigenvalue weighted by Crippen LogP contribution is 2.31. The number of hydrogen-bond acceptors (Lipinski definition) is 25. The molecule has 13 atom stereocenters. The lowest BCUT2D eigenvalue weighted by Crippen LogP contribution is -2.64. The second kappa shape index (κ2) is 39.2. The van der Waals surface area contributed by atoms with E-state index in [-0.39, 0.29) is 36.6 Å². The maximum absolute atomic E-state index is 15.1. The van der Waals surface area contributed by atoms with E-state index in [2.05, 4.69) is 51.1 Å². The van der Waals surface area contributed by atoms with Crippen LogP contribution in [0.4, 0.5) is 16.2 Å². The second-order valence-corrected chi connectivity index (χ2v) is 26.3. The number of hydrogen-bond donors (Lipinski definition) is 13. The van der Waals surface area contributed by atoms with E-state index in [0.717, 1.165) is 84.7 Å². The van der Waals surface area contributed by atoms with Crippen molar-refractivity contribution in [3.63, 3.8) is 0 Å². The van der Waals surface area contributed by atoms with Crippen molar-refractivity contribution in [2.45, 2.75) is 158 Å². The third kappa shape index (κ3) is 22.4. The zero-order valence-electron chi connectivity index (χ0n) is 57.0. The number of nitrogens with zero attached hydrogens (tertiary/aromatic N) is 4. The molecule has 4 aromatic rings. The largest absolute Gasteiger partial charge is 0.870 e. The Hall–Kier alpha value is -8.61. The predicted molar refractivity (Wildman–Crippen MR) is 365 cm³/mol. The van der Waals surface area contributed by atoms with E-state index in [1.165, 1.54) is 31.5 Å². The number of aliphatic hydroxyl groups excluding tert-OH is 6. The Bertz CT molecular complexity index is 3400.